The van der Waals surface area contributed by atoms with Crippen LogP contribution in [-0.4, -0.2) is 19.1 Å². The maximum Gasteiger partial charge on any atom is 0.266 e. The summed E-state index contributed by atoms with van der Waals surface area (Å²) in [5.41, 5.74) is 2.12. The summed E-state index contributed by atoms with van der Waals surface area (Å²) >= 11 is 5.90. The standard InChI is InChI=1S/C28H25ClN2O4/c1-3-15-34-26-14-7-21(17-27(26)33-4-2)16-22(18-30)28(32)31-24-10-12-25(13-11-24)35-19-20-5-8-23(29)9-6-20/h3,5-14,16-17H,1,4,15,19H2,2H3,(H,31,32)/b22-16+. The molecular weight excluding hydrogens is 464 g/mol. The quantitative estimate of drug-likeness (QED) is 0.191. The second kappa shape index (κ2) is 12.9. The van der Waals surface area contributed by atoms with E-state index < -0.39 is 5.91 Å². The second-order valence-electron chi connectivity index (χ2n) is 7.30. The fraction of sp³-hybridized carbons (Fsp3) is 0.143. The summed E-state index contributed by atoms with van der Waals surface area (Å²) in [7, 11) is 0. The molecule has 0 saturated heterocycles. The fourth-order valence-electron chi connectivity index (χ4n) is 3.05. The lowest BCUT2D eigenvalue weighted by atomic mass is 10.1. The molecule has 0 atom stereocenters. The summed E-state index contributed by atoms with van der Waals surface area (Å²) in [6, 6.07) is 21.5. The van der Waals surface area contributed by atoms with E-state index in [-0.39, 0.29) is 5.57 Å². The van der Waals surface area contributed by atoms with Gasteiger partial charge in [-0.15, -0.1) is 0 Å². The third-order valence-electron chi connectivity index (χ3n) is 4.73. The highest BCUT2D eigenvalue weighted by Crippen LogP contribution is 2.29. The van der Waals surface area contributed by atoms with Crippen LogP contribution < -0.4 is 19.5 Å². The zero-order valence-electron chi connectivity index (χ0n) is 19.3. The van der Waals surface area contributed by atoms with E-state index in [0.29, 0.717) is 53.3 Å². The van der Waals surface area contributed by atoms with E-state index in [1.165, 1.54) is 6.08 Å². The van der Waals surface area contributed by atoms with E-state index in [0.717, 1.165) is 5.56 Å². The lowest BCUT2D eigenvalue weighted by Gasteiger charge is -2.11. The van der Waals surface area contributed by atoms with Crippen LogP contribution >= 0.6 is 11.6 Å². The number of hydrogen-bond donors (Lipinski definition) is 1. The van der Waals surface area contributed by atoms with Gasteiger partial charge in [0.15, 0.2) is 11.5 Å². The summed E-state index contributed by atoms with van der Waals surface area (Å²) in [6.07, 6.45) is 3.14. The molecule has 1 N–H and O–H groups in total. The van der Waals surface area contributed by atoms with Gasteiger partial charge >= 0.3 is 0 Å². The van der Waals surface area contributed by atoms with Crippen molar-refractivity contribution in [3.05, 3.63) is 101 Å². The Morgan fingerprint density at radius 3 is 2.43 bits per heavy atom. The predicted octanol–water partition coefficient (Wildman–Crippen LogP) is 6.43. The number of anilines is 1. The molecule has 0 aliphatic carbocycles. The van der Waals surface area contributed by atoms with Crippen molar-refractivity contribution in [1.29, 1.82) is 5.26 Å². The molecule has 0 fully saturated rings. The maximum absolute atomic E-state index is 12.7. The molecule has 0 radical (unpaired) electrons. The van der Waals surface area contributed by atoms with Crippen molar-refractivity contribution in [3.63, 3.8) is 0 Å². The Labute approximate surface area is 210 Å². The van der Waals surface area contributed by atoms with Gasteiger partial charge in [-0.25, -0.2) is 0 Å². The van der Waals surface area contributed by atoms with Crippen LogP contribution in [0.3, 0.4) is 0 Å². The Balaban J connectivity index is 1.65. The zero-order valence-corrected chi connectivity index (χ0v) is 20.0. The number of amides is 1. The lowest BCUT2D eigenvalue weighted by Crippen LogP contribution is -2.13. The summed E-state index contributed by atoms with van der Waals surface area (Å²) in [5.74, 6) is 1.21. The van der Waals surface area contributed by atoms with Crippen molar-refractivity contribution >= 4 is 29.3 Å². The summed E-state index contributed by atoms with van der Waals surface area (Å²) in [6.45, 7) is 6.68. The monoisotopic (exact) mass is 488 g/mol. The first-order valence-electron chi connectivity index (χ1n) is 10.9. The lowest BCUT2D eigenvalue weighted by molar-refractivity contribution is -0.112. The van der Waals surface area contributed by atoms with Crippen LogP contribution in [0.2, 0.25) is 5.02 Å². The minimum Gasteiger partial charge on any atom is -0.490 e. The smallest absolute Gasteiger partial charge is 0.266 e. The number of ether oxygens (including phenoxy) is 3. The highest BCUT2D eigenvalue weighted by molar-refractivity contribution is 6.30. The minimum absolute atomic E-state index is 0.0460. The van der Waals surface area contributed by atoms with Crippen LogP contribution in [0, 0.1) is 11.3 Å². The molecular formula is C28H25ClN2O4. The van der Waals surface area contributed by atoms with E-state index in [4.69, 9.17) is 25.8 Å². The summed E-state index contributed by atoms with van der Waals surface area (Å²) in [4.78, 5) is 12.7. The van der Waals surface area contributed by atoms with Crippen molar-refractivity contribution in [2.24, 2.45) is 0 Å². The highest BCUT2D eigenvalue weighted by atomic mass is 35.5. The van der Waals surface area contributed by atoms with Crippen molar-refractivity contribution in [2.75, 3.05) is 18.5 Å². The molecule has 3 aromatic rings. The Morgan fingerprint density at radius 1 is 1.03 bits per heavy atom. The third-order valence-corrected chi connectivity index (χ3v) is 4.98. The van der Waals surface area contributed by atoms with Crippen LogP contribution in [0.25, 0.3) is 6.08 Å². The van der Waals surface area contributed by atoms with Gasteiger partial charge < -0.3 is 19.5 Å². The number of nitrogens with zero attached hydrogens (tertiary/aromatic N) is 1. The first-order valence-corrected chi connectivity index (χ1v) is 11.3. The summed E-state index contributed by atoms with van der Waals surface area (Å²) in [5, 5.41) is 12.9. The maximum atomic E-state index is 12.7. The third kappa shape index (κ3) is 7.66. The van der Waals surface area contributed by atoms with Crippen LogP contribution in [0.1, 0.15) is 18.1 Å². The topological polar surface area (TPSA) is 80.6 Å². The molecule has 0 aliphatic heterocycles. The van der Waals surface area contributed by atoms with Gasteiger partial charge in [0.1, 0.15) is 30.6 Å². The SMILES string of the molecule is C=CCOc1ccc(/C=C(\C#N)C(=O)Nc2ccc(OCc3ccc(Cl)cc3)cc2)cc1OCC. The van der Waals surface area contributed by atoms with Gasteiger partial charge in [0.2, 0.25) is 0 Å². The summed E-state index contributed by atoms with van der Waals surface area (Å²) < 4.78 is 17.0. The molecule has 0 aromatic heterocycles. The molecule has 0 unspecified atom stereocenters. The molecule has 0 bridgehead atoms. The normalized spacial score (nSPS) is 10.7. The molecule has 3 rings (SSSR count). The number of nitrogens with one attached hydrogen (secondary N) is 1. The molecule has 7 heteroatoms. The molecule has 1 amide bonds. The largest absolute Gasteiger partial charge is 0.490 e. The molecule has 3 aromatic carbocycles. The molecule has 0 saturated carbocycles. The second-order valence-corrected chi connectivity index (χ2v) is 7.74. The zero-order chi connectivity index (χ0) is 25.0. The van der Waals surface area contributed by atoms with Crippen LogP contribution in [0.15, 0.2) is 85.0 Å². The number of benzene rings is 3. The molecule has 0 heterocycles. The van der Waals surface area contributed by atoms with Crippen molar-refractivity contribution < 1.29 is 19.0 Å². The number of halogens is 1. The van der Waals surface area contributed by atoms with E-state index in [1.54, 1.807) is 48.5 Å². The molecule has 35 heavy (non-hydrogen) atoms. The van der Waals surface area contributed by atoms with Crippen molar-refractivity contribution in [3.8, 4) is 23.3 Å². The number of carbonyl (C=O) groups excluding carboxylic acids is 1. The molecule has 0 aliphatic rings. The number of carbonyl (C=O) groups is 1. The fourth-order valence-corrected chi connectivity index (χ4v) is 3.17. The van der Waals surface area contributed by atoms with Crippen molar-refractivity contribution in [1.82, 2.24) is 0 Å². The van der Waals surface area contributed by atoms with Gasteiger partial charge in [0, 0.05) is 10.7 Å². The average molecular weight is 489 g/mol. The first kappa shape index (κ1) is 25.4. The molecule has 6 nitrogen and oxygen atoms in total. The average Bonchev–Trinajstić information content (AvgIpc) is 2.87. The Hall–Kier alpha value is -4.21. The predicted molar refractivity (Wildman–Crippen MR) is 138 cm³/mol. The number of nitriles is 1. The molecule has 0 spiro atoms. The van der Waals surface area contributed by atoms with E-state index in [2.05, 4.69) is 11.9 Å². The van der Waals surface area contributed by atoms with Gasteiger partial charge in [-0.1, -0.05) is 42.5 Å². The Morgan fingerprint density at radius 2 is 1.77 bits per heavy atom. The van der Waals surface area contributed by atoms with E-state index in [1.807, 2.05) is 37.3 Å². The Bertz CT molecular complexity index is 1230. The highest BCUT2D eigenvalue weighted by Gasteiger charge is 2.12. The van der Waals surface area contributed by atoms with Crippen LogP contribution in [0.5, 0.6) is 17.2 Å². The van der Waals surface area contributed by atoms with E-state index in [9.17, 15) is 10.1 Å². The van der Waals surface area contributed by atoms with Crippen LogP contribution in [-0.2, 0) is 11.4 Å². The van der Waals surface area contributed by atoms with Gasteiger partial charge in [0.25, 0.3) is 5.91 Å². The minimum atomic E-state index is -0.521. The van der Waals surface area contributed by atoms with Gasteiger partial charge in [0.05, 0.1) is 6.61 Å². The van der Waals surface area contributed by atoms with Crippen LogP contribution in [0.4, 0.5) is 5.69 Å². The molecule has 178 valence electrons. The number of rotatable bonds is 11. The van der Waals surface area contributed by atoms with Gasteiger partial charge in [-0.2, -0.15) is 5.26 Å². The Kier molecular flexibility index (Phi) is 9.35. The van der Waals surface area contributed by atoms with E-state index >= 15 is 0 Å². The van der Waals surface area contributed by atoms with Crippen molar-refractivity contribution in [2.45, 2.75) is 13.5 Å². The van der Waals surface area contributed by atoms with Gasteiger partial charge in [-0.05, 0) is 72.7 Å². The number of hydrogen-bond acceptors (Lipinski definition) is 5. The van der Waals surface area contributed by atoms with Gasteiger partial charge in [-0.3, -0.25) is 4.79 Å². The first-order chi connectivity index (χ1) is 17.0.